The molecule has 0 aliphatic heterocycles. The Morgan fingerprint density at radius 1 is 1.44 bits per heavy atom. The summed E-state index contributed by atoms with van der Waals surface area (Å²) in [7, 11) is 1.85. The van der Waals surface area contributed by atoms with E-state index in [9.17, 15) is 0 Å². The van der Waals surface area contributed by atoms with Crippen molar-refractivity contribution in [1.82, 2.24) is 20.5 Å². The van der Waals surface area contributed by atoms with Crippen molar-refractivity contribution in [3.05, 3.63) is 29.8 Å². The van der Waals surface area contributed by atoms with Crippen LogP contribution in [-0.4, -0.2) is 22.2 Å². The summed E-state index contributed by atoms with van der Waals surface area (Å²) < 4.78 is 5.56. The predicted molar refractivity (Wildman–Crippen MR) is 64.3 cm³/mol. The summed E-state index contributed by atoms with van der Waals surface area (Å²) in [5.41, 5.74) is 1.07. The maximum atomic E-state index is 8.69. The summed E-state index contributed by atoms with van der Waals surface area (Å²) in [4.78, 5) is 4.10. The molecule has 92 valence electrons. The highest BCUT2D eigenvalue weighted by molar-refractivity contribution is 5.47. The third kappa shape index (κ3) is 2.36. The van der Waals surface area contributed by atoms with Crippen molar-refractivity contribution >= 4 is 0 Å². The van der Waals surface area contributed by atoms with E-state index in [1.54, 1.807) is 12.1 Å². The normalized spacial score (nSPS) is 12.1. The molecule has 0 spiro atoms. The van der Waals surface area contributed by atoms with E-state index in [-0.39, 0.29) is 6.04 Å². The van der Waals surface area contributed by atoms with Gasteiger partial charge in [-0.25, -0.2) is 4.98 Å². The monoisotopic (exact) mass is 243 g/mol. The first-order valence-electron chi connectivity index (χ1n) is 5.65. The van der Waals surface area contributed by atoms with Crippen LogP contribution in [0.4, 0.5) is 0 Å². The van der Waals surface area contributed by atoms with Crippen LogP contribution in [0.25, 0.3) is 11.6 Å². The zero-order valence-electron chi connectivity index (χ0n) is 10.2. The van der Waals surface area contributed by atoms with Gasteiger partial charge < -0.3 is 9.73 Å². The second-order valence-electron chi connectivity index (χ2n) is 3.74. The summed E-state index contributed by atoms with van der Waals surface area (Å²) in [6, 6.07) is 5.41. The standard InChI is InChI=1S/C12H13N5O/c1-3-9(14-2)11-16-17-12(18-11)10-5-4-8(6-13)7-15-10/h4-5,7,9,14H,3H2,1-2H3. The molecule has 0 fully saturated rings. The van der Waals surface area contributed by atoms with Gasteiger partial charge in [0, 0.05) is 6.20 Å². The lowest BCUT2D eigenvalue weighted by atomic mass is 10.2. The van der Waals surface area contributed by atoms with Gasteiger partial charge in [0.15, 0.2) is 0 Å². The smallest absolute Gasteiger partial charge is 0.266 e. The van der Waals surface area contributed by atoms with Crippen molar-refractivity contribution in [2.24, 2.45) is 0 Å². The molecule has 0 aromatic carbocycles. The minimum Gasteiger partial charge on any atom is -0.418 e. The topological polar surface area (TPSA) is 87.6 Å². The third-order valence-corrected chi connectivity index (χ3v) is 2.61. The van der Waals surface area contributed by atoms with Gasteiger partial charge in [0.05, 0.1) is 11.6 Å². The Bertz CT molecular complexity index is 551. The minimum atomic E-state index is 0.0460. The van der Waals surface area contributed by atoms with Gasteiger partial charge in [-0.15, -0.1) is 10.2 Å². The minimum absolute atomic E-state index is 0.0460. The van der Waals surface area contributed by atoms with Crippen molar-refractivity contribution in [3.8, 4) is 17.7 Å². The molecule has 1 unspecified atom stereocenters. The van der Waals surface area contributed by atoms with E-state index in [1.165, 1.54) is 6.20 Å². The van der Waals surface area contributed by atoms with Crippen LogP contribution in [0.5, 0.6) is 0 Å². The van der Waals surface area contributed by atoms with Crippen molar-refractivity contribution in [2.75, 3.05) is 7.05 Å². The SMILES string of the molecule is CCC(NC)c1nnc(-c2ccc(C#N)cn2)o1. The van der Waals surface area contributed by atoms with Gasteiger partial charge in [-0.3, -0.25) is 0 Å². The zero-order chi connectivity index (χ0) is 13.0. The van der Waals surface area contributed by atoms with E-state index < -0.39 is 0 Å². The molecule has 0 aliphatic rings. The van der Waals surface area contributed by atoms with Gasteiger partial charge >= 0.3 is 0 Å². The summed E-state index contributed by atoms with van der Waals surface area (Å²) in [5, 5.41) is 19.7. The zero-order valence-corrected chi connectivity index (χ0v) is 10.2. The average molecular weight is 243 g/mol. The van der Waals surface area contributed by atoms with Gasteiger partial charge in [0.1, 0.15) is 11.8 Å². The maximum Gasteiger partial charge on any atom is 0.266 e. The summed E-state index contributed by atoms with van der Waals surface area (Å²) in [5.74, 6) is 0.907. The molecule has 0 bridgehead atoms. The van der Waals surface area contributed by atoms with E-state index in [4.69, 9.17) is 9.68 Å². The lowest BCUT2D eigenvalue weighted by Gasteiger charge is -2.06. The molecule has 18 heavy (non-hydrogen) atoms. The summed E-state index contributed by atoms with van der Waals surface area (Å²) >= 11 is 0. The number of hydrogen-bond acceptors (Lipinski definition) is 6. The predicted octanol–water partition coefficient (Wildman–Crippen LogP) is 1.67. The second kappa shape index (κ2) is 5.38. The molecule has 2 aromatic rings. The van der Waals surface area contributed by atoms with Crippen LogP contribution in [0.1, 0.15) is 30.8 Å². The molecule has 0 radical (unpaired) electrons. The van der Waals surface area contributed by atoms with Crippen LogP contribution in [0.15, 0.2) is 22.7 Å². The van der Waals surface area contributed by atoms with Crippen molar-refractivity contribution in [3.63, 3.8) is 0 Å². The highest BCUT2D eigenvalue weighted by Gasteiger charge is 2.16. The van der Waals surface area contributed by atoms with E-state index in [0.717, 1.165) is 6.42 Å². The Labute approximate surface area is 105 Å². The Morgan fingerprint density at radius 2 is 2.28 bits per heavy atom. The molecule has 0 amide bonds. The van der Waals surface area contributed by atoms with Gasteiger partial charge in [-0.05, 0) is 25.6 Å². The van der Waals surface area contributed by atoms with Gasteiger partial charge in [-0.1, -0.05) is 6.92 Å². The lowest BCUT2D eigenvalue weighted by Crippen LogP contribution is -2.15. The number of pyridine rings is 1. The fraction of sp³-hybridized carbons (Fsp3) is 0.333. The van der Waals surface area contributed by atoms with Crippen molar-refractivity contribution in [1.29, 1.82) is 5.26 Å². The fourth-order valence-corrected chi connectivity index (χ4v) is 1.57. The van der Waals surface area contributed by atoms with E-state index in [2.05, 4.69) is 20.5 Å². The molecule has 1 atom stereocenters. The molecule has 0 saturated carbocycles. The van der Waals surface area contributed by atoms with Gasteiger partial charge in [0.2, 0.25) is 5.89 Å². The van der Waals surface area contributed by atoms with E-state index >= 15 is 0 Å². The molecule has 6 nitrogen and oxygen atoms in total. The molecule has 6 heteroatoms. The highest BCUT2D eigenvalue weighted by Crippen LogP contribution is 2.20. The first-order valence-corrected chi connectivity index (χ1v) is 5.65. The number of hydrogen-bond donors (Lipinski definition) is 1. The maximum absolute atomic E-state index is 8.69. The highest BCUT2D eigenvalue weighted by atomic mass is 16.4. The Morgan fingerprint density at radius 3 is 2.83 bits per heavy atom. The molecule has 2 aromatic heterocycles. The number of nitriles is 1. The molecule has 0 saturated heterocycles. The summed E-state index contributed by atoms with van der Waals surface area (Å²) in [6.07, 6.45) is 2.34. The Balaban J connectivity index is 2.26. The quantitative estimate of drug-likeness (QED) is 0.878. The molecule has 1 N–H and O–H groups in total. The number of aromatic nitrogens is 3. The van der Waals surface area contributed by atoms with Crippen LogP contribution in [0.3, 0.4) is 0 Å². The fourth-order valence-electron chi connectivity index (χ4n) is 1.57. The first-order chi connectivity index (χ1) is 8.78. The molecular weight excluding hydrogens is 230 g/mol. The van der Waals surface area contributed by atoms with E-state index in [0.29, 0.717) is 23.0 Å². The molecule has 0 aliphatic carbocycles. The van der Waals surface area contributed by atoms with Crippen LogP contribution in [0.2, 0.25) is 0 Å². The average Bonchev–Trinajstić information content (AvgIpc) is 2.90. The Hall–Kier alpha value is -2.26. The van der Waals surface area contributed by atoms with Crippen molar-refractivity contribution in [2.45, 2.75) is 19.4 Å². The van der Waals surface area contributed by atoms with Crippen molar-refractivity contribution < 1.29 is 4.42 Å². The van der Waals surface area contributed by atoms with Crippen LogP contribution in [-0.2, 0) is 0 Å². The summed E-state index contributed by atoms with van der Waals surface area (Å²) in [6.45, 7) is 2.03. The van der Waals surface area contributed by atoms with Crippen LogP contribution in [0, 0.1) is 11.3 Å². The lowest BCUT2D eigenvalue weighted by molar-refractivity contribution is 0.414. The van der Waals surface area contributed by atoms with Crippen LogP contribution < -0.4 is 5.32 Å². The number of rotatable bonds is 4. The molecule has 2 heterocycles. The molecular formula is C12H13N5O. The third-order valence-electron chi connectivity index (χ3n) is 2.61. The van der Waals surface area contributed by atoms with Gasteiger partial charge in [0.25, 0.3) is 5.89 Å². The van der Waals surface area contributed by atoms with Crippen LogP contribution >= 0.6 is 0 Å². The number of nitrogens with one attached hydrogen (secondary N) is 1. The van der Waals surface area contributed by atoms with E-state index in [1.807, 2.05) is 20.0 Å². The first kappa shape index (κ1) is 12.2. The van der Waals surface area contributed by atoms with Gasteiger partial charge in [-0.2, -0.15) is 5.26 Å². The second-order valence-corrected chi connectivity index (χ2v) is 3.74. The number of nitrogens with zero attached hydrogens (tertiary/aromatic N) is 4. The Kier molecular flexibility index (Phi) is 3.65. The molecule has 2 rings (SSSR count). The largest absolute Gasteiger partial charge is 0.418 e.